The van der Waals surface area contributed by atoms with Gasteiger partial charge in [0.2, 0.25) is 11.8 Å². The fourth-order valence-corrected chi connectivity index (χ4v) is 3.55. The quantitative estimate of drug-likeness (QED) is 0.752. The highest BCUT2D eigenvalue weighted by Crippen LogP contribution is 2.33. The van der Waals surface area contributed by atoms with E-state index in [9.17, 15) is 9.59 Å². The van der Waals surface area contributed by atoms with Crippen molar-refractivity contribution in [2.24, 2.45) is 5.92 Å². The van der Waals surface area contributed by atoms with E-state index in [4.69, 9.17) is 4.74 Å². The number of hydrogen-bond donors (Lipinski definition) is 1. The average Bonchev–Trinajstić information content (AvgIpc) is 3.25. The Bertz CT molecular complexity index is 1070. The summed E-state index contributed by atoms with van der Waals surface area (Å²) >= 11 is 0. The molecule has 1 aliphatic rings. The number of aryl methyl sites for hydroxylation is 2. The van der Waals surface area contributed by atoms with Crippen LogP contribution in [0.4, 0.5) is 11.5 Å². The molecule has 0 radical (unpaired) electrons. The lowest BCUT2D eigenvalue weighted by Crippen LogP contribution is -2.28. The highest BCUT2D eigenvalue weighted by molar-refractivity contribution is 6.04. The number of hydrogen-bond acceptors (Lipinski definition) is 5. The van der Waals surface area contributed by atoms with Crippen molar-refractivity contribution in [2.45, 2.75) is 20.3 Å². The monoisotopic (exact) mass is 379 g/mol. The second-order valence-electron chi connectivity index (χ2n) is 6.90. The number of anilines is 2. The van der Waals surface area contributed by atoms with Gasteiger partial charge in [0.05, 0.1) is 18.7 Å². The van der Waals surface area contributed by atoms with Gasteiger partial charge in [-0.15, -0.1) is 5.10 Å². The SMILES string of the molecule is COc1ccccc1N1CC(C(=O)Nc2cc3nc(C)cc(C)n3n2)CC1=O. The van der Waals surface area contributed by atoms with Gasteiger partial charge in [0.25, 0.3) is 0 Å². The van der Waals surface area contributed by atoms with Gasteiger partial charge >= 0.3 is 0 Å². The van der Waals surface area contributed by atoms with Crippen LogP contribution in [-0.2, 0) is 9.59 Å². The maximum absolute atomic E-state index is 12.7. The maximum atomic E-state index is 12.7. The van der Waals surface area contributed by atoms with E-state index in [1.165, 1.54) is 0 Å². The molecule has 3 heterocycles. The molecular formula is C20H21N5O3. The van der Waals surface area contributed by atoms with Gasteiger partial charge in [-0.25, -0.2) is 9.50 Å². The summed E-state index contributed by atoms with van der Waals surface area (Å²) in [7, 11) is 1.56. The topological polar surface area (TPSA) is 88.8 Å². The van der Waals surface area contributed by atoms with Crippen molar-refractivity contribution in [1.82, 2.24) is 14.6 Å². The number of benzene rings is 1. The standard InChI is InChI=1S/C20H21N5O3/c1-12-8-13(2)25-18(21-12)10-17(23-25)22-20(27)14-9-19(26)24(11-14)15-6-4-5-7-16(15)28-3/h4-8,10,14H,9,11H2,1-3H3,(H,22,23,27). The van der Waals surface area contributed by atoms with Crippen molar-refractivity contribution < 1.29 is 14.3 Å². The Kier molecular flexibility index (Phi) is 4.46. The number of aromatic nitrogens is 3. The number of carbonyl (C=O) groups excluding carboxylic acids is 2. The van der Waals surface area contributed by atoms with Crippen LogP contribution in [0.5, 0.6) is 5.75 Å². The van der Waals surface area contributed by atoms with Gasteiger partial charge in [-0.05, 0) is 32.0 Å². The summed E-state index contributed by atoms with van der Waals surface area (Å²) in [5.74, 6) is 0.234. The Morgan fingerprint density at radius 3 is 2.82 bits per heavy atom. The summed E-state index contributed by atoms with van der Waals surface area (Å²) in [6.07, 6.45) is 0.146. The van der Waals surface area contributed by atoms with E-state index in [1.54, 1.807) is 28.7 Å². The van der Waals surface area contributed by atoms with Gasteiger partial charge in [-0.3, -0.25) is 9.59 Å². The van der Waals surface area contributed by atoms with Crippen molar-refractivity contribution in [1.29, 1.82) is 0 Å². The molecule has 1 atom stereocenters. The molecule has 1 saturated heterocycles. The first kappa shape index (κ1) is 18.0. The van der Waals surface area contributed by atoms with E-state index < -0.39 is 5.92 Å². The third kappa shape index (κ3) is 3.17. The zero-order valence-corrected chi connectivity index (χ0v) is 16.0. The van der Waals surface area contributed by atoms with Crippen molar-refractivity contribution in [2.75, 3.05) is 23.9 Å². The summed E-state index contributed by atoms with van der Waals surface area (Å²) in [5, 5.41) is 7.21. The minimum Gasteiger partial charge on any atom is -0.495 e. The number of para-hydroxylation sites is 2. The third-order valence-electron chi connectivity index (χ3n) is 4.86. The molecule has 4 rings (SSSR count). The van der Waals surface area contributed by atoms with Crippen LogP contribution in [0, 0.1) is 19.8 Å². The van der Waals surface area contributed by atoms with Gasteiger partial charge in [0, 0.05) is 30.4 Å². The van der Waals surface area contributed by atoms with E-state index in [0.717, 1.165) is 11.4 Å². The van der Waals surface area contributed by atoms with Crippen LogP contribution in [0.1, 0.15) is 17.8 Å². The Balaban J connectivity index is 1.52. The first-order valence-electron chi connectivity index (χ1n) is 9.04. The number of ether oxygens (including phenoxy) is 1. The summed E-state index contributed by atoms with van der Waals surface area (Å²) in [6, 6.07) is 10.9. The molecule has 2 amide bonds. The number of nitrogens with one attached hydrogen (secondary N) is 1. The number of nitrogens with zero attached hydrogens (tertiary/aromatic N) is 4. The highest BCUT2D eigenvalue weighted by atomic mass is 16.5. The molecule has 0 saturated carbocycles. The van der Waals surface area contributed by atoms with E-state index in [2.05, 4.69) is 15.4 Å². The van der Waals surface area contributed by atoms with E-state index in [1.807, 2.05) is 38.1 Å². The molecule has 8 nitrogen and oxygen atoms in total. The van der Waals surface area contributed by atoms with Crippen molar-refractivity contribution in [3.63, 3.8) is 0 Å². The fourth-order valence-electron chi connectivity index (χ4n) is 3.55. The summed E-state index contributed by atoms with van der Waals surface area (Å²) in [6.45, 7) is 4.14. The lowest BCUT2D eigenvalue weighted by molar-refractivity contribution is -0.122. The summed E-state index contributed by atoms with van der Waals surface area (Å²) < 4.78 is 7.02. The largest absolute Gasteiger partial charge is 0.495 e. The highest BCUT2D eigenvalue weighted by Gasteiger charge is 2.36. The van der Waals surface area contributed by atoms with Crippen LogP contribution < -0.4 is 15.0 Å². The molecule has 2 aromatic heterocycles. The second-order valence-corrected chi connectivity index (χ2v) is 6.90. The molecule has 1 fully saturated rings. The molecule has 0 bridgehead atoms. The Labute approximate surface area is 162 Å². The predicted octanol–water partition coefficient (Wildman–Crippen LogP) is 2.35. The van der Waals surface area contributed by atoms with Crippen molar-refractivity contribution in [3.8, 4) is 5.75 Å². The lowest BCUT2D eigenvalue weighted by atomic mass is 10.1. The molecule has 1 aliphatic heterocycles. The van der Waals surface area contributed by atoms with Crippen molar-refractivity contribution >= 4 is 29.0 Å². The normalized spacial score (nSPS) is 16.6. The molecule has 8 heteroatoms. The Morgan fingerprint density at radius 1 is 1.25 bits per heavy atom. The molecule has 1 aromatic carbocycles. The minimum atomic E-state index is -0.460. The van der Waals surface area contributed by atoms with E-state index >= 15 is 0 Å². The van der Waals surface area contributed by atoms with Gasteiger partial charge in [-0.2, -0.15) is 0 Å². The number of amides is 2. The van der Waals surface area contributed by atoms with Crippen LogP contribution >= 0.6 is 0 Å². The summed E-state index contributed by atoms with van der Waals surface area (Å²) in [5.41, 5.74) is 3.16. The van der Waals surface area contributed by atoms with Gasteiger partial charge < -0.3 is 15.0 Å². The van der Waals surface area contributed by atoms with Crippen LogP contribution in [0.3, 0.4) is 0 Å². The maximum Gasteiger partial charge on any atom is 0.231 e. The van der Waals surface area contributed by atoms with E-state index in [-0.39, 0.29) is 18.2 Å². The molecule has 0 spiro atoms. The first-order chi connectivity index (χ1) is 13.5. The first-order valence-corrected chi connectivity index (χ1v) is 9.04. The van der Waals surface area contributed by atoms with Crippen LogP contribution in [-0.4, -0.2) is 40.1 Å². The van der Waals surface area contributed by atoms with Crippen LogP contribution in [0.15, 0.2) is 36.4 Å². The average molecular weight is 379 g/mol. The van der Waals surface area contributed by atoms with Crippen molar-refractivity contribution in [3.05, 3.63) is 47.8 Å². The molecule has 1 unspecified atom stereocenters. The second kappa shape index (κ2) is 6.95. The van der Waals surface area contributed by atoms with Gasteiger partial charge in [0.15, 0.2) is 11.5 Å². The molecular weight excluding hydrogens is 358 g/mol. The lowest BCUT2D eigenvalue weighted by Gasteiger charge is -2.19. The third-order valence-corrected chi connectivity index (χ3v) is 4.86. The number of carbonyl (C=O) groups is 2. The predicted molar refractivity (Wildman–Crippen MR) is 105 cm³/mol. The van der Waals surface area contributed by atoms with Crippen LogP contribution in [0.25, 0.3) is 5.65 Å². The van der Waals surface area contributed by atoms with E-state index in [0.29, 0.717) is 29.4 Å². The molecule has 144 valence electrons. The zero-order valence-electron chi connectivity index (χ0n) is 16.0. The smallest absolute Gasteiger partial charge is 0.231 e. The Morgan fingerprint density at radius 2 is 2.04 bits per heavy atom. The number of methoxy groups -OCH3 is 1. The molecule has 1 N–H and O–H groups in total. The summed E-state index contributed by atoms with van der Waals surface area (Å²) in [4.78, 5) is 31.2. The van der Waals surface area contributed by atoms with Gasteiger partial charge in [-0.1, -0.05) is 12.1 Å². The van der Waals surface area contributed by atoms with Gasteiger partial charge in [0.1, 0.15) is 5.75 Å². The number of rotatable bonds is 4. The minimum absolute atomic E-state index is 0.104. The van der Waals surface area contributed by atoms with Crippen LogP contribution in [0.2, 0.25) is 0 Å². The molecule has 28 heavy (non-hydrogen) atoms. The molecule has 3 aromatic rings. The Hall–Kier alpha value is -3.42. The zero-order chi connectivity index (χ0) is 19.8. The fraction of sp³-hybridized carbons (Fsp3) is 0.300. The number of fused-ring (bicyclic) bond motifs is 1. The molecule has 0 aliphatic carbocycles.